The molecule has 1 aromatic rings. The van der Waals surface area contributed by atoms with Gasteiger partial charge >= 0.3 is 0 Å². The van der Waals surface area contributed by atoms with E-state index in [1.54, 1.807) is 18.2 Å². The summed E-state index contributed by atoms with van der Waals surface area (Å²) in [5.74, 6) is 1.21. The fraction of sp³-hybridized carbons (Fsp3) is 0.562. The lowest BCUT2D eigenvalue weighted by atomic mass is 9.80. The van der Waals surface area contributed by atoms with Gasteiger partial charge in [0, 0.05) is 5.69 Å². The lowest BCUT2D eigenvalue weighted by molar-refractivity contribution is -0.123. The molecule has 0 radical (unpaired) electrons. The van der Waals surface area contributed by atoms with E-state index in [0.717, 1.165) is 25.2 Å². The van der Waals surface area contributed by atoms with Crippen molar-refractivity contribution in [2.45, 2.75) is 39.2 Å². The summed E-state index contributed by atoms with van der Waals surface area (Å²) in [6.07, 6.45) is 3.40. The van der Waals surface area contributed by atoms with E-state index in [1.165, 1.54) is 0 Å². The topological polar surface area (TPSA) is 64.3 Å². The molecule has 1 aliphatic carbocycles. The van der Waals surface area contributed by atoms with Crippen LogP contribution >= 0.6 is 11.6 Å². The third-order valence-corrected chi connectivity index (χ3v) is 4.58. The van der Waals surface area contributed by atoms with Gasteiger partial charge in [0.15, 0.2) is 0 Å². The highest BCUT2D eigenvalue weighted by Crippen LogP contribution is 2.31. The third-order valence-electron chi connectivity index (χ3n) is 4.27. The lowest BCUT2D eigenvalue weighted by Gasteiger charge is -2.31. The van der Waals surface area contributed by atoms with E-state index in [9.17, 15) is 4.79 Å². The van der Waals surface area contributed by atoms with E-state index in [0.29, 0.717) is 22.3 Å². The van der Waals surface area contributed by atoms with Crippen LogP contribution < -0.4 is 11.1 Å². The van der Waals surface area contributed by atoms with Gasteiger partial charge in [-0.05, 0) is 49.3 Å². The number of ether oxygens (including phenoxy) is 1. The maximum absolute atomic E-state index is 11.9. The molecule has 0 aliphatic heterocycles. The average Bonchev–Trinajstić information content (AvgIpc) is 2.43. The summed E-state index contributed by atoms with van der Waals surface area (Å²) < 4.78 is 5.72. The van der Waals surface area contributed by atoms with Crippen molar-refractivity contribution in [2.75, 3.05) is 17.7 Å². The molecule has 1 amide bonds. The molecule has 21 heavy (non-hydrogen) atoms. The van der Waals surface area contributed by atoms with Gasteiger partial charge in [0.1, 0.15) is 6.61 Å². The Hall–Kier alpha value is -1.26. The number of anilines is 2. The van der Waals surface area contributed by atoms with Crippen molar-refractivity contribution in [1.29, 1.82) is 0 Å². The van der Waals surface area contributed by atoms with Crippen LogP contribution in [0.15, 0.2) is 18.2 Å². The van der Waals surface area contributed by atoms with Crippen LogP contribution in [0.5, 0.6) is 0 Å². The van der Waals surface area contributed by atoms with Crippen LogP contribution in [-0.2, 0) is 9.53 Å². The highest BCUT2D eigenvalue weighted by molar-refractivity contribution is 6.34. The molecule has 3 N–H and O–H groups in total. The van der Waals surface area contributed by atoms with Gasteiger partial charge < -0.3 is 15.8 Å². The number of amides is 1. The predicted octanol–water partition coefficient (Wildman–Crippen LogP) is 3.70. The zero-order chi connectivity index (χ0) is 15.4. The molecule has 0 heterocycles. The Kier molecular flexibility index (Phi) is 5.48. The maximum Gasteiger partial charge on any atom is 0.250 e. The van der Waals surface area contributed by atoms with Gasteiger partial charge in [0.25, 0.3) is 0 Å². The number of hydrogen-bond acceptors (Lipinski definition) is 3. The normalized spacial score (nSPS) is 25.6. The minimum atomic E-state index is -0.187. The van der Waals surface area contributed by atoms with Crippen LogP contribution in [0.4, 0.5) is 11.4 Å². The fourth-order valence-electron chi connectivity index (χ4n) is 2.66. The van der Waals surface area contributed by atoms with E-state index in [2.05, 4.69) is 19.2 Å². The Bertz CT molecular complexity index is 507. The summed E-state index contributed by atoms with van der Waals surface area (Å²) in [5, 5.41) is 3.18. The molecule has 116 valence electrons. The van der Waals surface area contributed by atoms with Gasteiger partial charge in [-0.1, -0.05) is 25.4 Å². The molecule has 1 fully saturated rings. The maximum atomic E-state index is 11.9. The van der Waals surface area contributed by atoms with Crippen LogP contribution in [0.3, 0.4) is 0 Å². The number of rotatable bonds is 4. The quantitative estimate of drug-likeness (QED) is 0.833. The summed E-state index contributed by atoms with van der Waals surface area (Å²) in [6, 6.07) is 5.01. The average molecular weight is 311 g/mol. The van der Waals surface area contributed by atoms with Gasteiger partial charge in [0.2, 0.25) is 5.91 Å². The Morgan fingerprint density at radius 1 is 1.38 bits per heavy atom. The predicted molar refractivity (Wildman–Crippen MR) is 86.4 cm³/mol. The molecule has 0 aromatic heterocycles. The molecule has 0 spiro atoms. The zero-order valence-corrected chi connectivity index (χ0v) is 13.3. The number of halogens is 1. The molecule has 1 saturated carbocycles. The van der Waals surface area contributed by atoms with E-state index in [-0.39, 0.29) is 18.6 Å². The molecule has 2 rings (SSSR count). The van der Waals surface area contributed by atoms with Crippen molar-refractivity contribution in [3.63, 3.8) is 0 Å². The lowest BCUT2D eigenvalue weighted by Crippen LogP contribution is -2.30. The van der Waals surface area contributed by atoms with E-state index < -0.39 is 0 Å². The first kappa shape index (κ1) is 16.1. The molecule has 3 atom stereocenters. The first-order chi connectivity index (χ1) is 9.95. The molecule has 3 unspecified atom stereocenters. The zero-order valence-electron chi connectivity index (χ0n) is 12.6. The molecule has 1 aliphatic rings. The SMILES string of the molecule is CC1CCC(OCC(=O)Nc2ccc(N)cc2Cl)CC1C. The summed E-state index contributed by atoms with van der Waals surface area (Å²) in [4.78, 5) is 11.9. The number of hydrogen-bond donors (Lipinski definition) is 2. The largest absolute Gasteiger partial charge is 0.399 e. The van der Waals surface area contributed by atoms with Gasteiger partial charge in [-0.2, -0.15) is 0 Å². The van der Waals surface area contributed by atoms with Crippen LogP contribution in [-0.4, -0.2) is 18.6 Å². The van der Waals surface area contributed by atoms with Crippen LogP contribution in [0, 0.1) is 11.8 Å². The second-order valence-electron chi connectivity index (χ2n) is 5.99. The van der Waals surface area contributed by atoms with Crippen LogP contribution in [0.25, 0.3) is 0 Å². The summed E-state index contributed by atoms with van der Waals surface area (Å²) in [5.41, 5.74) is 6.75. The number of carbonyl (C=O) groups is 1. The van der Waals surface area contributed by atoms with Crippen molar-refractivity contribution >= 4 is 28.9 Å². The standard InChI is InChI=1S/C16H23ClN2O2/c1-10-3-5-13(7-11(10)2)21-9-16(20)19-15-6-4-12(18)8-14(15)17/h4,6,8,10-11,13H,3,5,7,9,18H2,1-2H3,(H,19,20). The van der Waals surface area contributed by atoms with Gasteiger partial charge in [0.05, 0.1) is 16.8 Å². The van der Waals surface area contributed by atoms with Gasteiger partial charge in [-0.15, -0.1) is 0 Å². The molecule has 5 heteroatoms. The van der Waals surface area contributed by atoms with Crippen LogP contribution in [0.2, 0.25) is 5.02 Å². The third kappa shape index (κ3) is 4.61. The van der Waals surface area contributed by atoms with E-state index in [1.807, 2.05) is 0 Å². The Morgan fingerprint density at radius 2 is 2.14 bits per heavy atom. The molecular formula is C16H23ClN2O2. The van der Waals surface area contributed by atoms with Gasteiger partial charge in [-0.25, -0.2) is 0 Å². The monoisotopic (exact) mass is 310 g/mol. The highest BCUT2D eigenvalue weighted by atomic mass is 35.5. The molecule has 0 saturated heterocycles. The van der Waals surface area contributed by atoms with Crippen molar-refractivity contribution in [3.8, 4) is 0 Å². The number of nitrogens with two attached hydrogens (primary N) is 1. The molecule has 4 nitrogen and oxygen atoms in total. The number of nitrogen functional groups attached to an aromatic ring is 1. The smallest absolute Gasteiger partial charge is 0.250 e. The van der Waals surface area contributed by atoms with E-state index >= 15 is 0 Å². The number of carbonyl (C=O) groups excluding carboxylic acids is 1. The fourth-order valence-corrected chi connectivity index (χ4v) is 2.90. The minimum absolute atomic E-state index is 0.0620. The second kappa shape index (κ2) is 7.14. The van der Waals surface area contributed by atoms with Crippen molar-refractivity contribution in [2.24, 2.45) is 11.8 Å². The first-order valence-electron chi connectivity index (χ1n) is 7.42. The highest BCUT2D eigenvalue weighted by Gasteiger charge is 2.25. The van der Waals surface area contributed by atoms with Crippen molar-refractivity contribution in [3.05, 3.63) is 23.2 Å². The number of benzene rings is 1. The minimum Gasteiger partial charge on any atom is -0.399 e. The summed E-state index contributed by atoms with van der Waals surface area (Å²) in [7, 11) is 0. The summed E-state index contributed by atoms with van der Waals surface area (Å²) >= 11 is 6.02. The Labute approximate surface area is 131 Å². The van der Waals surface area contributed by atoms with Crippen molar-refractivity contribution in [1.82, 2.24) is 0 Å². The Balaban J connectivity index is 1.80. The molecule has 0 bridgehead atoms. The molecule has 1 aromatic carbocycles. The van der Waals surface area contributed by atoms with Crippen molar-refractivity contribution < 1.29 is 9.53 Å². The van der Waals surface area contributed by atoms with Gasteiger partial charge in [-0.3, -0.25) is 4.79 Å². The Morgan fingerprint density at radius 3 is 2.81 bits per heavy atom. The second-order valence-corrected chi connectivity index (χ2v) is 6.40. The van der Waals surface area contributed by atoms with E-state index in [4.69, 9.17) is 22.1 Å². The number of nitrogens with one attached hydrogen (secondary N) is 1. The first-order valence-corrected chi connectivity index (χ1v) is 7.80. The van der Waals surface area contributed by atoms with Crippen LogP contribution in [0.1, 0.15) is 33.1 Å². The summed E-state index contributed by atoms with van der Waals surface area (Å²) in [6.45, 7) is 4.58. The molecular weight excluding hydrogens is 288 g/mol.